The zero-order valence-electron chi connectivity index (χ0n) is 18.7. The number of carbonyl (C=O) groups is 1. The molecule has 1 heterocycles. The van der Waals surface area contributed by atoms with Gasteiger partial charge < -0.3 is 19.1 Å². The molecule has 3 aromatic carbocycles. The number of rotatable bonds is 7. The fourth-order valence-electron chi connectivity index (χ4n) is 3.76. The minimum absolute atomic E-state index is 0.0720. The summed E-state index contributed by atoms with van der Waals surface area (Å²) in [6, 6.07) is 23.1. The maximum absolute atomic E-state index is 12.0. The molecule has 1 aromatic heterocycles. The number of carboxylic acid groups (broad SMARTS) is 1. The molecule has 5 nitrogen and oxygen atoms in total. The van der Waals surface area contributed by atoms with Crippen molar-refractivity contribution >= 4 is 16.9 Å². The number of nitrogens with zero attached hydrogens (tertiary/aromatic N) is 1. The van der Waals surface area contributed by atoms with Gasteiger partial charge in [-0.3, -0.25) is 0 Å². The summed E-state index contributed by atoms with van der Waals surface area (Å²) in [5.41, 5.74) is 3.86. The second-order valence-corrected chi connectivity index (χ2v) is 8.30. The van der Waals surface area contributed by atoms with Crippen molar-refractivity contribution in [1.82, 2.24) is 4.57 Å². The highest BCUT2D eigenvalue weighted by atomic mass is 16.5. The lowest BCUT2D eigenvalue weighted by molar-refractivity contribution is 0.0688. The van der Waals surface area contributed by atoms with Crippen molar-refractivity contribution in [3.05, 3.63) is 78.5 Å². The van der Waals surface area contributed by atoms with E-state index in [1.165, 1.54) is 0 Å². The van der Waals surface area contributed by atoms with Crippen LogP contribution in [-0.2, 0) is 0 Å². The Morgan fingerprint density at radius 3 is 1.81 bits per heavy atom. The Hall–Kier alpha value is -3.73. The van der Waals surface area contributed by atoms with Crippen LogP contribution in [-0.4, -0.2) is 27.9 Å². The molecule has 0 bridgehead atoms. The molecule has 0 saturated carbocycles. The number of hydrogen-bond donors (Lipinski definition) is 1. The van der Waals surface area contributed by atoms with Gasteiger partial charge in [-0.15, -0.1) is 0 Å². The van der Waals surface area contributed by atoms with Crippen molar-refractivity contribution in [3.63, 3.8) is 0 Å². The van der Waals surface area contributed by atoms with E-state index >= 15 is 0 Å². The van der Waals surface area contributed by atoms with Gasteiger partial charge in [-0.25, -0.2) is 4.79 Å². The molecular formula is C27H27NO4. The molecule has 1 N–H and O–H groups in total. The largest absolute Gasteiger partial charge is 0.491 e. The Kier molecular flexibility index (Phi) is 5.91. The monoisotopic (exact) mass is 429 g/mol. The van der Waals surface area contributed by atoms with E-state index in [9.17, 15) is 9.90 Å². The molecule has 4 aromatic rings. The van der Waals surface area contributed by atoms with Crippen molar-refractivity contribution in [2.24, 2.45) is 0 Å². The molecule has 0 saturated heterocycles. The first-order chi connectivity index (χ1) is 15.3. The molecule has 0 aliphatic rings. The van der Waals surface area contributed by atoms with E-state index in [2.05, 4.69) is 0 Å². The van der Waals surface area contributed by atoms with Crippen molar-refractivity contribution in [1.29, 1.82) is 0 Å². The molecule has 0 aliphatic heterocycles. The van der Waals surface area contributed by atoms with Gasteiger partial charge in [0.2, 0.25) is 0 Å². The SMILES string of the molecule is CC(C)Oc1ccc(-c2ccc3cc(C(=O)O)n(-c4ccc(OC(C)C)cc4)c3c2)cc1. The number of carboxylic acids is 1. The van der Waals surface area contributed by atoms with Crippen molar-refractivity contribution in [2.45, 2.75) is 39.9 Å². The Morgan fingerprint density at radius 1 is 0.750 bits per heavy atom. The third-order valence-corrected chi connectivity index (χ3v) is 5.05. The van der Waals surface area contributed by atoms with Crippen LogP contribution in [0.15, 0.2) is 72.8 Å². The first kappa shape index (κ1) is 21.5. The predicted molar refractivity (Wildman–Crippen MR) is 127 cm³/mol. The van der Waals surface area contributed by atoms with Crippen molar-refractivity contribution in [3.8, 4) is 28.3 Å². The fourth-order valence-corrected chi connectivity index (χ4v) is 3.76. The highest BCUT2D eigenvalue weighted by molar-refractivity contribution is 5.97. The first-order valence-corrected chi connectivity index (χ1v) is 10.7. The van der Waals surface area contributed by atoms with Gasteiger partial charge in [0, 0.05) is 11.1 Å². The standard InChI is InChI=1S/C27H27NO4/c1-17(2)31-23-11-7-19(8-12-23)20-5-6-21-16-26(27(29)30)28(25(21)15-20)22-9-13-24(14-10-22)32-18(3)4/h5-18H,1-4H3,(H,29,30). The molecule has 0 radical (unpaired) electrons. The van der Waals surface area contributed by atoms with Gasteiger partial charge in [-0.05, 0) is 87.4 Å². The van der Waals surface area contributed by atoms with Crippen LogP contribution in [0.4, 0.5) is 0 Å². The zero-order chi connectivity index (χ0) is 22.8. The van der Waals surface area contributed by atoms with E-state index in [1.54, 1.807) is 10.6 Å². The number of benzene rings is 3. The second kappa shape index (κ2) is 8.79. The first-order valence-electron chi connectivity index (χ1n) is 10.7. The summed E-state index contributed by atoms with van der Waals surface area (Å²) in [6.45, 7) is 7.94. The second-order valence-electron chi connectivity index (χ2n) is 8.30. The van der Waals surface area contributed by atoms with Gasteiger partial charge >= 0.3 is 5.97 Å². The van der Waals surface area contributed by atoms with Crippen LogP contribution in [0.2, 0.25) is 0 Å². The topological polar surface area (TPSA) is 60.7 Å². The summed E-state index contributed by atoms with van der Waals surface area (Å²) >= 11 is 0. The minimum Gasteiger partial charge on any atom is -0.491 e. The van der Waals surface area contributed by atoms with Crippen LogP contribution < -0.4 is 9.47 Å². The lowest BCUT2D eigenvalue weighted by atomic mass is 10.0. The number of hydrogen-bond acceptors (Lipinski definition) is 3. The van der Waals surface area contributed by atoms with Gasteiger partial charge in [0.25, 0.3) is 0 Å². The van der Waals surface area contributed by atoms with Crippen molar-refractivity contribution < 1.29 is 19.4 Å². The van der Waals surface area contributed by atoms with Crippen LogP contribution in [0, 0.1) is 0 Å². The Balaban J connectivity index is 1.78. The summed E-state index contributed by atoms with van der Waals surface area (Å²) in [7, 11) is 0. The van der Waals surface area contributed by atoms with E-state index < -0.39 is 5.97 Å². The highest BCUT2D eigenvalue weighted by Crippen LogP contribution is 2.31. The molecular weight excluding hydrogens is 402 g/mol. The normalized spacial score (nSPS) is 11.3. The van der Waals surface area contributed by atoms with Crippen molar-refractivity contribution in [2.75, 3.05) is 0 Å². The zero-order valence-corrected chi connectivity index (χ0v) is 18.7. The van der Waals surface area contributed by atoms with Crippen LogP contribution >= 0.6 is 0 Å². The third kappa shape index (κ3) is 4.47. The van der Waals surface area contributed by atoms with Crippen LogP contribution in [0.25, 0.3) is 27.7 Å². The molecule has 0 aliphatic carbocycles. The summed E-state index contributed by atoms with van der Waals surface area (Å²) in [4.78, 5) is 12.0. The van der Waals surface area contributed by atoms with Crippen LogP contribution in [0.3, 0.4) is 0 Å². The van der Waals surface area contributed by atoms with Crippen LogP contribution in [0.1, 0.15) is 38.2 Å². The molecule has 0 amide bonds. The number of aromatic nitrogens is 1. The highest BCUT2D eigenvalue weighted by Gasteiger charge is 2.17. The molecule has 0 unspecified atom stereocenters. The number of aromatic carboxylic acids is 1. The number of fused-ring (bicyclic) bond motifs is 1. The van der Waals surface area contributed by atoms with E-state index in [0.717, 1.165) is 39.2 Å². The van der Waals surface area contributed by atoms with Gasteiger partial charge in [0.05, 0.1) is 17.7 Å². The quantitative estimate of drug-likeness (QED) is 0.361. The smallest absolute Gasteiger partial charge is 0.352 e. The maximum atomic E-state index is 12.0. The lowest BCUT2D eigenvalue weighted by Gasteiger charge is -2.13. The molecule has 32 heavy (non-hydrogen) atoms. The lowest BCUT2D eigenvalue weighted by Crippen LogP contribution is -2.07. The van der Waals surface area contributed by atoms with Crippen LogP contribution in [0.5, 0.6) is 11.5 Å². The average Bonchev–Trinajstić information content (AvgIpc) is 3.13. The molecule has 164 valence electrons. The molecule has 0 spiro atoms. The van der Waals surface area contributed by atoms with Gasteiger partial charge in [-0.2, -0.15) is 0 Å². The van der Waals surface area contributed by atoms with Gasteiger partial charge in [0.15, 0.2) is 0 Å². The summed E-state index contributed by atoms with van der Waals surface area (Å²) in [5, 5.41) is 10.7. The fraction of sp³-hybridized carbons (Fsp3) is 0.222. The van der Waals surface area contributed by atoms with E-state index in [1.807, 2.05) is 94.4 Å². The third-order valence-electron chi connectivity index (χ3n) is 5.05. The molecule has 0 fully saturated rings. The van der Waals surface area contributed by atoms with Gasteiger partial charge in [-0.1, -0.05) is 24.3 Å². The summed E-state index contributed by atoms with van der Waals surface area (Å²) in [5.74, 6) is 0.604. The summed E-state index contributed by atoms with van der Waals surface area (Å²) in [6.07, 6.45) is 0.190. The van der Waals surface area contributed by atoms with E-state index in [-0.39, 0.29) is 17.9 Å². The number of ether oxygens (including phenoxy) is 2. The molecule has 5 heteroatoms. The maximum Gasteiger partial charge on any atom is 0.352 e. The van der Waals surface area contributed by atoms with E-state index in [4.69, 9.17) is 9.47 Å². The molecule has 4 rings (SSSR count). The Bertz CT molecular complexity index is 1240. The Morgan fingerprint density at radius 2 is 1.28 bits per heavy atom. The van der Waals surface area contributed by atoms with Gasteiger partial charge in [0.1, 0.15) is 17.2 Å². The van der Waals surface area contributed by atoms with E-state index in [0.29, 0.717) is 0 Å². The Labute approximate surface area is 187 Å². The predicted octanol–water partition coefficient (Wildman–Crippen LogP) is 6.57. The average molecular weight is 430 g/mol. The molecule has 0 atom stereocenters. The summed E-state index contributed by atoms with van der Waals surface area (Å²) < 4.78 is 13.2. The minimum atomic E-state index is -0.972.